The lowest BCUT2D eigenvalue weighted by molar-refractivity contribution is 0.149. The zero-order valence-electron chi connectivity index (χ0n) is 12.6. The minimum atomic E-state index is 0.549. The van der Waals surface area contributed by atoms with Crippen molar-refractivity contribution in [1.29, 1.82) is 0 Å². The molecular weight excluding hydrogens is 266 g/mol. The summed E-state index contributed by atoms with van der Waals surface area (Å²) in [6, 6.07) is 6.11. The molecule has 0 unspecified atom stereocenters. The third-order valence-electron chi connectivity index (χ3n) is 3.72. The molecule has 0 aliphatic heterocycles. The summed E-state index contributed by atoms with van der Waals surface area (Å²) in [5, 5.41) is 5.21. The molecule has 3 aromatic rings. The Kier molecular flexibility index (Phi) is 3.75. The van der Waals surface area contributed by atoms with E-state index in [0.29, 0.717) is 31.3 Å². The highest BCUT2D eigenvalue weighted by Gasteiger charge is 2.14. The summed E-state index contributed by atoms with van der Waals surface area (Å²) in [4.78, 5) is 7.87. The van der Waals surface area contributed by atoms with Crippen LogP contribution in [0.1, 0.15) is 24.0 Å². The molecule has 0 saturated carbocycles. The number of aryl methyl sites for hydroxylation is 2. The Labute approximate surface area is 123 Å². The number of hydrogen-bond donors (Lipinski definition) is 1. The molecular formula is C16H19N3O2. The van der Waals surface area contributed by atoms with E-state index in [1.54, 1.807) is 0 Å². The zero-order valence-corrected chi connectivity index (χ0v) is 12.6. The summed E-state index contributed by atoms with van der Waals surface area (Å²) in [5.41, 5.74) is 4.41. The molecule has 0 fully saturated rings. The third kappa shape index (κ3) is 2.56. The highest BCUT2D eigenvalue weighted by molar-refractivity contribution is 5.94. The number of rotatable bonds is 5. The van der Waals surface area contributed by atoms with E-state index in [2.05, 4.69) is 35.0 Å². The van der Waals surface area contributed by atoms with Crippen LogP contribution >= 0.6 is 0 Å². The number of H-pyrrole nitrogens is 1. The molecule has 2 aromatic heterocycles. The maximum absolute atomic E-state index is 5.40. The van der Waals surface area contributed by atoms with Crippen LogP contribution in [0.25, 0.3) is 22.4 Å². The second-order valence-electron chi connectivity index (χ2n) is 5.07. The van der Waals surface area contributed by atoms with Crippen molar-refractivity contribution in [2.75, 3.05) is 13.2 Å². The second kappa shape index (κ2) is 5.69. The number of benzene rings is 1. The van der Waals surface area contributed by atoms with Gasteiger partial charge in [0.25, 0.3) is 5.89 Å². The highest BCUT2D eigenvalue weighted by atomic mass is 16.5. The van der Waals surface area contributed by atoms with Crippen LogP contribution in [0.4, 0.5) is 0 Å². The van der Waals surface area contributed by atoms with Gasteiger partial charge in [0, 0.05) is 24.1 Å². The minimum absolute atomic E-state index is 0.549. The Bertz CT molecular complexity index is 758. The van der Waals surface area contributed by atoms with Crippen molar-refractivity contribution in [1.82, 2.24) is 15.1 Å². The van der Waals surface area contributed by atoms with Gasteiger partial charge >= 0.3 is 0 Å². The van der Waals surface area contributed by atoms with Gasteiger partial charge in [0.1, 0.15) is 0 Å². The minimum Gasteiger partial charge on any atom is -0.381 e. The van der Waals surface area contributed by atoms with Gasteiger partial charge in [0.2, 0.25) is 0 Å². The molecule has 0 amide bonds. The standard InChI is InChI=1S/C16H19N3O2/c1-4-20-9-8-14-18-16(21-19-14)13-7-5-6-12-10(2)11(3)17-15(12)13/h5-7,17H,4,8-9H2,1-3H3. The van der Waals surface area contributed by atoms with Crippen molar-refractivity contribution in [2.45, 2.75) is 27.2 Å². The molecule has 110 valence electrons. The van der Waals surface area contributed by atoms with Gasteiger partial charge in [-0.3, -0.25) is 0 Å². The number of aromatic nitrogens is 3. The van der Waals surface area contributed by atoms with E-state index in [4.69, 9.17) is 9.26 Å². The van der Waals surface area contributed by atoms with E-state index in [1.165, 1.54) is 10.9 Å². The molecule has 0 aliphatic carbocycles. The van der Waals surface area contributed by atoms with E-state index in [0.717, 1.165) is 16.8 Å². The molecule has 0 radical (unpaired) electrons. The van der Waals surface area contributed by atoms with E-state index in [1.807, 2.05) is 19.1 Å². The number of nitrogens with one attached hydrogen (secondary N) is 1. The SMILES string of the molecule is CCOCCc1noc(-c2cccc3c(C)c(C)[nH]c23)n1. The molecule has 0 atom stereocenters. The Hall–Kier alpha value is -2.14. The van der Waals surface area contributed by atoms with Crippen LogP contribution < -0.4 is 0 Å². The molecule has 0 saturated heterocycles. The second-order valence-corrected chi connectivity index (χ2v) is 5.07. The smallest absolute Gasteiger partial charge is 0.260 e. The molecule has 0 spiro atoms. The normalized spacial score (nSPS) is 11.4. The van der Waals surface area contributed by atoms with Gasteiger partial charge in [-0.15, -0.1) is 0 Å². The van der Waals surface area contributed by atoms with Crippen LogP contribution in [0, 0.1) is 13.8 Å². The van der Waals surface area contributed by atoms with Crippen LogP contribution in [-0.2, 0) is 11.2 Å². The molecule has 1 N–H and O–H groups in total. The lowest BCUT2D eigenvalue weighted by atomic mass is 10.1. The van der Waals surface area contributed by atoms with Gasteiger partial charge in [-0.2, -0.15) is 4.98 Å². The zero-order chi connectivity index (χ0) is 14.8. The van der Waals surface area contributed by atoms with Crippen molar-refractivity contribution in [3.05, 3.63) is 35.3 Å². The first-order chi connectivity index (χ1) is 10.2. The topological polar surface area (TPSA) is 63.9 Å². The van der Waals surface area contributed by atoms with Gasteiger partial charge in [-0.05, 0) is 32.4 Å². The summed E-state index contributed by atoms with van der Waals surface area (Å²) >= 11 is 0. The average molecular weight is 285 g/mol. The van der Waals surface area contributed by atoms with Crippen molar-refractivity contribution in [2.24, 2.45) is 0 Å². The number of aromatic amines is 1. The van der Waals surface area contributed by atoms with Crippen molar-refractivity contribution in [3.63, 3.8) is 0 Å². The third-order valence-corrected chi connectivity index (χ3v) is 3.72. The van der Waals surface area contributed by atoms with E-state index in [9.17, 15) is 0 Å². The first-order valence-corrected chi connectivity index (χ1v) is 7.19. The molecule has 5 heteroatoms. The van der Waals surface area contributed by atoms with Crippen LogP contribution in [0.15, 0.2) is 22.7 Å². The summed E-state index contributed by atoms with van der Waals surface area (Å²) in [6.45, 7) is 7.46. The summed E-state index contributed by atoms with van der Waals surface area (Å²) in [7, 11) is 0. The van der Waals surface area contributed by atoms with Crippen LogP contribution in [0.5, 0.6) is 0 Å². The first kappa shape index (κ1) is 13.8. The molecule has 2 heterocycles. The van der Waals surface area contributed by atoms with Crippen molar-refractivity contribution < 1.29 is 9.26 Å². The predicted molar refractivity (Wildman–Crippen MR) is 81.3 cm³/mol. The van der Waals surface area contributed by atoms with Gasteiger partial charge in [-0.25, -0.2) is 0 Å². The lowest BCUT2D eigenvalue weighted by Crippen LogP contribution is -1.99. The summed E-state index contributed by atoms with van der Waals surface area (Å²) in [5.74, 6) is 1.23. The average Bonchev–Trinajstić information content (AvgIpc) is 3.06. The highest BCUT2D eigenvalue weighted by Crippen LogP contribution is 2.30. The first-order valence-electron chi connectivity index (χ1n) is 7.19. The van der Waals surface area contributed by atoms with Gasteiger partial charge < -0.3 is 14.2 Å². The fourth-order valence-electron chi connectivity index (χ4n) is 2.43. The molecule has 0 aliphatic rings. The van der Waals surface area contributed by atoms with E-state index in [-0.39, 0.29) is 0 Å². The maximum atomic E-state index is 5.40. The predicted octanol–water partition coefficient (Wildman–Crippen LogP) is 3.41. The molecule has 1 aromatic carbocycles. The van der Waals surface area contributed by atoms with E-state index < -0.39 is 0 Å². The van der Waals surface area contributed by atoms with Gasteiger partial charge in [0.05, 0.1) is 17.7 Å². The number of para-hydroxylation sites is 1. The number of ether oxygens (including phenoxy) is 1. The molecule has 3 rings (SSSR count). The Morgan fingerprint density at radius 1 is 1.29 bits per heavy atom. The van der Waals surface area contributed by atoms with Crippen LogP contribution in [-0.4, -0.2) is 28.3 Å². The number of nitrogens with zero attached hydrogens (tertiary/aromatic N) is 2. The summed E-state index contributed by atoms with van der Waals surface area (Å²) < 4.78 is 10.7. The van der Waals surface area contributed by atoms with Gasteiger partial charge in [0.15, 0.2) is 5.82 Å². The van der Waals surface area contributed by atoms with E-state index >= 15 is 0 Å². The van der Waals surface area contributed by atoms with Crippen molar-refractivity contribution >= 4 is 10.9 Å². The molecule has 5 nitrogen and oxygen atoms in total. The monoisotopic (exact) mass is 285 g/mol. The molecule has 0 bridgehead atoms. The van der Waals surface area contributed by atoms with Crippen molar-refractivity contribution in [3.8, 4) is 11.5 Å². The number of fused-ring (bicyclic) bond motifs is 1. The Morgan fingerprint density at radius 3 is 2.95 bits per heavy atom. The molecule has 21 heavy (non-hydrogen) atoms. The fourth-order valence-corrected chi connectivity index (χ4v) is 2.43. The fraction of sp³-hybridized carbons (Fsp3) is 0.375. The lowest BCUT2D eigenvalue weighted by Gasteiger charge is -1.97. The quantitative estimate of drug-likeness (QED) is 0.730. The summed E-state index contributed by atoms with van der Waals surface area (Å²) in [6.07, 6.45) is 0.663. The largest absolute Gasteiger partial charge is 0.381 e. The van der Waals surface area contributed by atoms with Crippen LogP contribution in [0.2, 0.25) is 0 Å². The maximum Gasteiger partial charge on any atom is 0.260 e. The van der Waals surface area contributed by atoms with Crippen LogP contribution in [0.3, 0.4) is 0 Å². The Morgan fingerprint density at radius 2 is 2.14 bits per heavy atom. The number of hydrogen-bond acceptors (Lipinski definition) is 4. The van der Waals surface area contributed by atoms with Gasteiger partial charge in [-0.1, -0.05) is 17.3 Å². The Balaban J connectivity index is 1.95.